The molecule has 0 atom stereocenters. The van der Waals surface area contributed by atoms with Crippen molar-refractivity contribution in [2.24, 2.45) is 0 Å². The Morgan fingerprint density at radius 1 is 1.00 bits per heavy atom. The van der Waals surface area contributed by atoms with E-state index in [1.165, 1.54) is 42.3 Å². The van der Waals surface area contributed by atoms with Crippen molar-refractivity contribution >= 4 is 17.6 Å². The summed E-state index contributed by atoms with van der Waals surface area (Å²) in [6, 6.07) is 12.1. The van der Waals surface area contributed by atoms with E-state index in [0.29, 0.717) is 11.3 Å². The lowest BCUT2D eigenvalue weighted by atomic mass is 10.1. The molecule has 0 heterocycles. The number of aromatic carboxylic acids is 1. The van der Waals surface area contributed by atoms with Gasteiger partial charge >= 0.3 is 5.97 Å². The molecule has 5 heteroatoms. The van der Waals surface area contributed by atoms with Crippen molar-refractivity contribution in [2.45, 2.75) is 0 Å². The summed E-state index contributed by atoms with van der Waals surface area (Å²) in [5.74, 6) is -1.38. The normalized spacial score (nSPS) is 10.1. The molecule has 0 unspecified atom stereocenters. The van der Waals surface area contributed by atoms with Gasteiger partial charge in [-0.15, -0.1) is 0 Å². The molecule has 2 rings (SSSR count). The molecule has 0 saturated carbocycles. The van der Waals surface area contributed by atoms with Crippen molar-refractivity contribution in [2.75, 3.05) is 11.9 Å². The molecule has 2 N–H and O–H groups in total. The van der Waals surface area contributed by atoms with Crippen molar-refractivity contribution in [3.63, 3.8) is 0 Å². The summed E-state index contributed by atoms with van der Waals surface area (Å²) in [5, 5.41) is 18.3. The van der Waals surface area contributed by atoms with E-state index < -0.39 is 5.97 Å². The maximum Gasteiger partial charge on any atom is 0.337 e. The van der Waals surface area contributed by atoms with Crippen molar-refractivity contribution in [3.8, 4) is 5.75 Å². The van der Waals surface area contributed by atoms with Gasteiger partial charge in [0.05, 0.1) is 11.3 Å². The molecule has 102 valence electrons. The highest BCUT2D eigenvalue weighted by molar-refractivity contribution is 6.09. The predicted octanol–water partition coefficient (Wildman–Crippen LogP) is 2.37. The number of rotatable bonds is 3. The number of hydrogen-bond acceptors (Lipinski definition) is 3. The number of benzene rings is 2. The Hall–Kier alpha value is -2.82. The van der Waals surface area contributed by atoms with E-state index in [9.17, 15) is 14.7 Å². The van der Waals surface area contributed by atoms with Gasteiger partial charge in [-0.3, -0.25) is 4.79 Å². The quantitative estimate of drug-likeness (QED) is 0.898. The smallest absolute Gasteiger partial charge is 0.337 e. The van der Waals surface area contributed by atoms with E-state index in [0.717, 1.165) is 0 Å². The number of carbonyl (C=O) groups is 2. The van der Waals surface area contributed by atoms with Gasteiger partial charge < -0.3 is 15.1 Å². The number of amides is 1. The van der Waals surface area contributed by atoms with Crippen LogP contribution in [0.2, 0.25) is 0 Å². The van der Waals surface area contributed by atoms with Crippen LogP contribution in [-0.2, 0) is 0 Å². The summed E-state index contributed by atoms with van der Waals surface area (Å²) in [4.78, 5) is 24.7. The molecule has 2 aromatic carbocycles. The minimum Gasteiger partial charge on any atom is -0.508 e. The van der Waals surface area contributed by atoms with Crippen LogP contribution < -0.4 is 4.90 Å². The zero-order valence-corrected chi connectivity index (χ0v) is 10.8. The summed E-state index contributed by atoms with van der Waals surface area (Å²) >= 11 is 0. The standard InChI is InChI=1S/C15H13NO4/c1-16(13-5-3-2-4-12(13)15(19)20)14(18)10-6-8-11(17)9-7-10/h2-9,17H,1H3,(H,19,20). The molecule has 0 radical (unpaired) electrons. The predicted molar refractivity (Wildman–Crippen MR) is 74.2 cm³/mol. The molecule has 0 aromatic heterocycles. The monoisotopic (exact) mass is 271 g/mol. The summed E-state index contributed by atoms with van der Waals surface area (Å²) in [5.41, 5.74) is 0.741. The Morgan fingerprint density at radius 3 is 2.20 bits per heavy atom. The lowest BCUT2D eigenvalue weighted by molar-refractivity contribution is 0.0697. The van der Waals surface area contributed by atoms with E-state index in [1.807, 2.05) is 0 Å². The van der Waals surface area contributed by atoms with E-state index in [1.54, 1.807) is 18.2 Å². The molecular weight excluding hydrogens is 258 g/mol. The van der Waals surface area contributed by atoms with Crippen LogP contribution in [0.4, 0.5) is 5.69 Å². The maximum absolute atomic E-state index is 12.3. The molecule has 0 aliphatic carbocycles. The average molecular weight is 271 g/mol. The molecule has 0 aliphatic rings. The first-order valence-corrected chi connectivity index (χ1v) is 5.90. The number of nitrogens with zero attached hydrogens (tertiary/aromatic N) is 1. The Kier molecular flexibility index (Phi) is 3.70. The van der Waals surface area contributed by atoms with Crippen LogP contribution >= 0.6 is 0 Å². The van der Waals surface area contributed by atoms with Gasteiger partial charge in [0.1, 0.15) is 5.75 Å². The molecule has 0 fully saturated rings. The highest BCUT2D eigenvalue weighted by Gasteiger charge is 2.18. The number of carboxylic acid groups (broad SMARTS) is 1. The van der Waals surface area contributed by atoms with Gasteiger partial charge in [-0.1, -0.05) is 12.1 Å². The second kappa shape index (κ2) is 5.44. The number of phenolic OH excluding ortho intramolecular Hbond substituents is 1. The fourth-order valence-corrected chi connectivity index (χ4v) is 1.85. The first-order chi connectivity index (χ1) is 9.50. The molecule has 0 bridgehead atoms. The van der Waals surface area contributed by atoms with Gasteiger partial charge in [0.25, 0.3) is 5.91 Å². The van der Waals surface area contributed by atoms with E-state index >= 15 is 0 Å². The van der Waals surface area contributed by atoms with Crippen LogP contribution in [-0.4, -0.2) is 29.1 Å². The molecule has 0 saturated heterocycles. The van der Waals surface area contributed by atoms with Gasteiger partial charge in [0.2, 0.25) is 0 Å². The number of aromatic hydroxyl groups is 1. The Balaban J connectivity index is 2.36. The minimum absolute atomic E-state index is 0.0575. The van der Waals surface area contributed by atoms with Gasteiger partial charge in [0, 0.05) is 12.6 Å². The number of para-hydroxylation sites is 1. The van der Waals surface area contributed by atoms with E-state index in [2.05, 4.69) is 0 Å². The van der Waals surface area contributed by atoms with Crippen molar-refractivity contribution in [1.82, 2.24) is 0 Å². The third-order valence-electron chi connectivity index (χ3n) is 2.91. The van der Waals surface area contributed by atoms with Crippen LogP contribution in [0.5, 0.6) is 5.75 Å². The van der Waals surface area contributed by atoms with Crippen molar-refractivity contribution in [1.29, 1.82) is 0 Å². The van der Waals surface area contributed by atoms with Gasteiger partial charge in [-0.2, -0.15) is 0 Å². The highest BCUT2D eigenvalue weighted by Crippen LogP contribution is 2.21. The van der Waals surface area contributed by atoms with Crippen LogP contribution in [0.15, 0.2) is 48.5 Å². The second-order valence-electron chi connectivity index (χ2n) is 4.23. The molecule has 0 spiro atoms. The van der Waals surface area contributed by atoms with Gasteiger partial charge in [0.15, 0.2) is 0 Å². The van der Waals surface area contributed by atoms with Crippen LogP contribution in [0.3, 0.4) is 0 Å². The zero-order chi connectivity index (χ0) is 14.7. The molecule has 1 amide bonds. The number of hydrogen-bond donors (Lipinski definition) is 2. The Labute approximate surface area is 115 Å². The Morgan fingerprint density at radius 2 is 1.60 bits per heavy atom. The fraction of sp³-hybridized carbons (Fsp3) is 0.0667. The van der Waals surface area contributed by atoms with Crippen molar-refractivity contribution in [3.05, 3.63) is 59.7 Å². The Bertz CT molecular complexity index is 649. The minimum atomic E-state index is -1.09. The second-order valence-corrected chi connectivity index (χ2v) is 4.23. The summed E-state index contributed by atoms with van der Waals surface area (Å²) in [7, 11) is 1.51. The molecule has 5 nitrogen and oxygen atoms in total. The highest BCUT2D eigenvalue weighted by atomic mass is 16.4. The number of anilines is 1. The van der Waals surface area contributed by atoms with Crippen molar-refractivity contribution < 1.29 is 19.8 Å². The first-order valence-electron chi connectivity index (χ1n) is 5.90. The fourth-order valence-electron chi connectivity index (χ4n) is 1.85. The summed E-state index contributed by atoms with van der Waals surface area (Å²) in [6.45, 7) is 0. The summed E-state index contributed by atoms with van der Waals surface area (Å²) < 4.78 is 0. The van der Waals surface area contributed by atoms with Crippen LogP contribution in [0, 0.1) is 0 Å². The lowest BCUT2D eigenvalue weighted by Gasteiger charge is -2.19. The number of phenols is 1. The molecule has 0 aliphatic heterocycles. The number of carbonyl (C=O) groups excluding carboxylic acids is 1. The maximum atomic E-state index is 12.3. The van der Waals surface area contributed by atoms with Gasteiger partial charge in [-0.25, -0.2) is 4.79 Å². The van der Waals surface area contributed by atoms with E-state index in [4.69, 9.17) is 5.11 Å². The third-order valence-corrected chi connectivity index (χ3v) is 2.91. The van der Waals surface area contributed by atoms with Crippen LogP contribution in [0.1, 0.15) is 20.7 Å². The number of carboxylic acids is 1. The first kappa shape index (κ1) is 13.6. The zero-order valence-electron chi connectivity index (χ0n) is 10.8. The molecule has 20 heavy (non-hydrogen) atoms. The summed E-state index contributed by atoms with van der Waals surface area (Å²) in [6.07, 6.45) is 0. The van der Waals surface area contributed by atoms with Gasteiger partial charge in [-0.05, 0) is 36.4 Å². The third kappa shape index (κ3) is 2.61. The average Bonchev–Trinajstić information content (AvgIpc) is 2.46. The largest absolute Gasteiger partial charge is 0.508 e. The molecule has 2 aromatic rings. The van der Waals surface area contributed by atoms with E-state index in [-0.39, 0.29) is 17.2 Å². The SMILES string of the molecule is CN(C(=O)c1ccc(O)cc1)c1ccccc1C(=O)O. The molecular formula is C15H13NO4. The lowest BCUT2D eigenvalue weighted by Crippen LogP contribution is -2.27. The van der Waals surface area contributed by atoms with Crippen LogP contribution in [0.25, 0.3) is 0 Å². The topological polar surface area (TPSA) is 77.8 Å².